The van der Waals surface area contributed by atoms with Crippen LogP contribution in [0.5, 0.6) is 5.75 Å². The standard InChI is InChI=1S/C36H48N4O6S/c1-24-21-39(22-25(2)46-24)32(41)20-36(17-18-36)23-40-31-19-28(35(42)37-47(43,44)38(3)4)13-16-30(31)33(26-9-7-6-8-10-26)34(40)27-11-14-29(45-5)15-12-27/h11-16,19,24-26H,6-10,17-18,20-23H2,1-5H3,(H,37,42)/t24-,25-/m1/s1. The number of carbonyl (C=O) groups is 2. The fourth-order valence-corrected chi connectivity index (χ4v) is 8.07. The van der Waals surface area contributed by atoms with E-state index in [9.17, 15) is 18.0 Å². The summed E-state index contributed by atoms with van der Waals surface area (Å²) in [6.45, 7) is 5.85. The average Bonchev–Trinajstić information content (AvgIpc) is 3.73. The Morgan fingerprint density at radius 3 is 2.26 bits per heavy atom. The molecule has 1 N–H and O–H groups in total. The van der Waals surface area contributed by atoms with Gasteiger partial charge in [-0.15, -0.1) is 0 Å². The lowest BCUT2D eigenvalue weighted by Crippen LogP contribution is -2.48. The van der Waals surface area contributed by atoms with Crippen molar-refractivity contribution in [2.24, 2.45) is 5.41 Å². The molecule has 1 saturated heterocycles. The minimum Gasteiger partial charge on any atom is -0.497 e. The Morgan fingerprint density at radius 1 is 1.00 bits per heavy atom. The molecule has 11 heteroatoms. The summed E-state index contributed by atoms with van der Waals surface area (Å²) in [6, 6.07) is 13.7. The SMILES string of the molecule is COc1ccc(-c2c(C3CCCCC3)c3ccc(C(=O)NS(=O)(=O)N(C)C)cc3n2CC2(CC(=O)N3C[C@@H](C)O[C@H](C)C3)CC2)cc1. The summed E-state index contributed by atoms with van der Waals surface area (Å²) in [5.41, 5.74) is 4.40. The molecule has 2 atom stereocenters. The highest BCUT2D eigenvalue weighted by atomic mass is 32.2. The van der Waals surface area contributed by atoms with Gasteiger partial charge in [-0.05, 0) is 98.4 Å². The van der Waals surface area contributed by atoms with Crippen molar-refractivity contribution < 1.29 is 27.5 Å². The first-order chi connectivity index (χ1) is 22.4. The molecule has 2 aromatic carbocycles. The van der Waals surface area contributed by atoms with Crippen molar-refractivity contribution in [3.63, 3.8) is 0 Å². The third kappa shape index (κ3) is 7.07. The van der Waals surface area contributed by atoms with E-state index >= 15 is 0 Å². The molecule has 2 aliphatic carbocycles. The van der Waals surface area contributed by atoms with E-state index in [4.69, 9.17) is 9.47 Å². The minimum absolute atomic E-state index is 0.00634. The van der Waals surface area contributed by atoms with Crippen molar-refractivity contribution in [2.75, 3.05) is 34.3 Å². The number of amides is 2. The fraction of sp³-hybridized carbons (Fsp3) is 0.556. The van der Waals surface area contributed by atoms with Gasteiger partial charge in [0.05, 0.1) is 25.0 Å². The predicted molar refractivity (Wildman–Crippen MR) is 183 cm³/mol. The number of carbonyl (C=O) groups excluding carboxylic acids is 2. The first-order valence-corrected chi connectivity index (χ1v) is 18.3. The number of hydrogen-bond acceptors (Lipinski definition) is 6. The van der Waals surface area contributed by atoms with Gasteiger partial charge in [0.25, 0.3) is 5.91 Å². The summed E-state index contributed by atoms with van der Waals surface area (Å²) < 4.78 is 42.0. The number of fused-ring (bicyclic) bond motifs is 1. The maximum Gasteiger partial charge on any atom is 0.303 e. The largest absolute Gasteiger partial charge is 0.497 e. The molecule has 47 heavy (non-hydrogen) atoms. The summed E-state index contributed by atoms with van der Waals surface area (Å²) in [5.74, 6) is 0.611. The van der Waals surface area contributed by atoms with Gasteiger partial charge in [0, 0.05) is 56.6 Å². The second-order valence-electron chi connectivity index (χ2n) is 14.1. The van der Waals surface area contributed by atoms with Crippen molar-refractivity contribution in [3.05, 3.63) is 53.6 Å². The molecule has 6 rings (SSSR count). The van der Waals surface area contributed by atoms with Crippen LogP contribution < -0.4 is 9.46 Å². The van der Waals surface area contributed by atoms with E-state index in [1.807, 2.05) is 43.0 Å². The minimum atomic E-state index is -3.97. The summed E-state index contributed by atoms with van der Waals surface area (Å²) in [6.07, 6.45) is 8.07. The number of morpholine rings is 1. The Kier molecular flexibility index (Phi) is 9.43. The topological polar surface area (TPSA) is 110 Å². The molecule has 10 nitrogen and oxygen atoms in total. The van der Waals surface area contributed by atoms with Gasteiger partial charge >= 0.3 is 10.2 Å². The van der Waals surface area contributed by atoms with Gasteiger partial charge in [-0.25, -0.2) is 4.72 Å². The summed E-state index contributed by atoms with van der Waals surface area (Å²) in [5, 5.41) is 1.08. The number of hydrogen-bond donors (Lipinski definition) is 1. The van der Waals surface area contributed by atoms with E-state index < -0.39 is 16.1 Å². The molecule has 0 bridgehead atoms. The third-order valence-corrected chi connectivity index (χ3v) is 11.6. The monoisotopic (exact) mass is 664 g/mol. The highest BCUT2D eigenvalue weighted by Crippen LogP contribution is 2.53. The summed E-state index contributed by atoms with van der Waals surface area (Å²) in [4.78, 5) is 29.0. The molecule has 0 unspecified atom stereocenters. The van der Waals surface area contributed by atoms with Crippen LogP contribution in [0.25, 0.3) is 22.2 Å². The van der Waals surface area contributed by atoms with Crippen molar-refractivity contribution in [2.45, 2.75) is 89.9 Å². The van der Waals surface area contributed by atoms with Crippen LogP contribution in [0.1, 0.15) is 87.1 Å². The van der Waals surface area contributed by atoms with Crippen molar-refractivity contribution in [3.8, 4) is 17.0 Å². The van der Waals surface area contributed by atoms with Crippen LogP contribution in [0, 0.1) is 5.41 Å². The molecule has 3 aliphatic rings. The zero-order valence-corrected chi connectivity index (χ0v) is 29.1. The lowest BCUT2D eigenvalue weighted by molar-refractivity contribution is -0.144. The van der Waals surface area contributed by atoms with Crippen molar-refractivity contribution in [1.29, 1.82) is 0 Å². The van der Waals surface area contributed by atoms with E-state index in [1.54, 1.807) is 13.2 Å². The van der Waals surface area contributed by atoms with Gasteiger partial charge < -0.3 is 18.9 Å². The van der Waals surface area contributed by atoms with Crippen molar-refractivity contribution in [1.82, 2.24) is 18.5 Å². The third-order valence-electron chi connectivity index (χ3n) is 10.2. The van der Waals surface area contributed by atoms with Crippen LogP contribution in [0.3, 0.4) is 0 Å². The molecule has 1 aliphatic heterocycles. The zero-order valence-electron chi connectivity index (χ0n) is 28.3. The molecule has 3 fully saturated rings. The van der Waals surface area contributed by atoms with E-state index in [0.29, 0.717) is 32.0 Å². The van der Waals surface area contributed by atoms with Crippen LogP contribution >= 0.6 is 0 Å². The lowest BCUT2D eigenvalue weighted by atomic mass is 9.81. The predicted octanol–water partition coefficient (Wildman–Crippen LogP) is 5.71. The van der Waals surface area contributed by atoms with Crippen molar-refractivity contribution >= 4 is 32.9 Å². The maximum atomic E-state index is 13.7. The fourth-order valence-electron chi connectivity index (χ4n) is 7.53. The summed E-state index contributed by atoms with van der Waals surface area (Å²) >= 11 is 0. The van der Waals surface area contributed by atoms with Gasteiger partial charge in [0.2, 0.25) is 5.91 Å². The van der Waals surface area contributed by atoms with Gasteiger partial charge in [0.15, 0.2) is 0 Å². The second-order valence-corrected chi connectivity index (χ2v) is 16.0. The molecule has 2 saturated carbocycles. The van der Waals surface area contributed by atoms with E-state index in [-0.39, 0.29) is 29.1 Å². The Labute approximate surface area is 278 Å². The number of nitrogens with zero attached hydrogens (tertiary/aromatic N) is 3. The van der Waals surface area contributed by atoms with Crippen LogP contribution in [-0.4, -0.2) is 80.5 Å². The number of ether oxygens (including phenoxy) is 2. The Morgan fingerprint density at radius 2 is 1.66 bits per heavy atom. The number of benzene rings is 2. The second kappa shape index (κ2) is 13.2. The van der Waals surface area contributed by atoms with Crippen LogP contribution in [-0.2, 0) is 26.3 Å². The van der Waals surface area contributed by atoms with Crippen LogP contribution in [0.4, 0.5) is 0 Å². The smallest absolute Gasteiger partial charge is 0.303 e. The first kappa shape index (κ1) is 33.5. The Balaban J connectivity index is 1.46. The molecule has 0 radical (unpaired) electrons. The van der Waals surface area contributed by atoms with Crippen LogP contribution in [0.2, 0.25) is 0 Å². The maximum absolute atomic E-state index is 13.7. The molecule has 1 aromatic heterocycles. The van der Waals surface area contributed by atoms with E-state index in [1.165, 1.54) is 26.1 Å². The Bertz CT molecular complexity index is 1730. The number of methoxy groups -OCH3 is 1. The highest BCUT2D eigenvalue weighted by molar-refractivity contribution is 7.87. The normalized spacial score (nSPS) is 21.6. The highest BCUT2D eigenvalue weighted by Gasteiger charge is 2.47. The lowest BCUT2D eigenvalue weighted by Gasteiger charge is -2.36. The zero-order chi connectivity index (χ0) is 33.5. The van der Waals surface area contributed by atoms with Crippen LogP contribution in [0.15, 0.2) is 42.5 Å². The number of rotatable bonds is 10. The van der Waals surface area contributed by atoms with E-state index in [2.05, 4.69) is 21.4 Å². The molecule has 0 spiro atoms. The average molecular weight is 665 g/mol. The van der Waals surface area contributed by atoms with Gasteiger partial charge in [-0.3, -0.25) is 9.59 Å². The summed E-state index contributed by atoms with van der Waals surface area (Å²) in [7, 11) is 0.464. The number of nitrogens with one attached hydrogen (secondary N) is 1. The Hall–Kier alpha value is -3.41. The van der Waals surface area contributed by atoms with Gasteiger partial charge in [0.1, 0.15) is 5.75 Å². The molecule has 2 heterocycles. The molecular formula is C36H48N4O6S. The molecular weight excluding hydrogens is 616 g/mol. The molecule has 254 valence electrons. The number of aromatic nitrogens is 1. The van der Waals surface area contributed by atoms with Gasteiger partial charge in [-0.1, -0.05) is 25.3 Å². The first-order valence-electron chi connectivity index (χ1n) is 16.9. The quantitative estimate of drug-likeness (QED) is 0.298. The van der Waals surface area contributed by atoms with Gasteiger partial charge in [-0.2, -0.15) is 12.7 Å². The molecule has 3 aromatic rings. The van der Waals surface area contributed by atoms with E-state index in [0.717, 1.165) is 70.7 Å². The molecule has 2 amide bonds.